The highest BCUT2D eigenvalue weighted by Crippen LogP contribution is 2.29. The Labute approximate surface area is 154 Å². The molecular formula is C22H25N3O. The smallest absolute Gasteiger partial charge is 0.270 e. The van der Waals surface area contributed by atoms with Gasteiger partial charge in [0.25, 0.3) is 5.91 Å². The van der Waals surface area contributed by atoms with Crippen molar-refractivity contribution in [2.45, 2.75) is 26.8 Å². The number of amides is 1. The van der Waals surface area contributed by atoms with E-state index in [9.17, 15) is 4.79 Å². The Morgan fingerprint density at radius 2 is 1.77 bits per heavy atom. The number of carbonyl (C=O) groups excluding carboxylic acids is 1. The van der Waals surface area contributed by atoms with Crippen LogP contribution in [0.3, 0.4) is 0 Å². The highest BCUT2D eigenvalue weighted by atomic mass is 16.2. The van der Waals surface area contributed by atoms with E-state index in [1.54, 1.807) is 0 Å². The normalized spacial score (nSPS) is 17.7. The maximum Gasteiger partial charge on any atom is 0.270 e. The molecule has 0 spiro atoms. The third kappa shape index (κ3) is 2.80. The molecule has 2 N–H and O–H groups in total. The van der Waals surface area contributed by atoms with Crippen LogP contribution in [0.5, 0.6) is 0 Å². The lowest BCUT2D eigenvalue weighted by molar-refractivity contribution is 0.0697. The average Bonchev–Trinajstić information content (AvgIpc) is 3.03. The molecule has 134 valence electrons. The number of carbonyl (C=O) groups is 1. The number of fused-ring (bicyclic) bond motifs is 1. The lowest BCUT2D eigenvalue weighted by Crippen LogP contribution is -2.48. The maximum absolute atomic E-state index is 13.3. The van der Waals surface area contributed by atoms with Crippen molar-refractivity contribution in [1.29, 1.82) is 0 Å². The standard InChI is InChI=1S/C22H25N3O/c1-14-9-10-15(2)20-19(14)16(3)21(24-20)22(26)25-12-11-23-18(13-25)17-7-5-4-6-8-17/h4-10,18,23-24H,11-13H2,1-3H3. The number of hydrogen-bond acceptors (Lipinski definition) is 2. The molecule has 1 unspecified atom stereocenters. The van der Waals surface area contributed by atoms with Gasteiger partial charge in [0.05, 0.1) is 0 Å². The summed E-state index contributed by atoms with van der Waals surface area (Å²) < 4.78 is 0. The number of nitrogens with one attached hydrogen (secondary N) is 2. The van der Waals surface area contributed by atoms with Gasteiger partial charge in [0, 0.05) is 36.6 Å². The van der Waals surface area contributed by atoms with Crippen molar-refractivity contribution < 1.29 is 4.79 Å². The van der Waals surface area contributed by atoms with E-state index in [1.165, 1.54) is 22.1 Å². The number of rotatable bonds is 2. The van der Waals surface area contributed by atoms with Crippen LogP contribution >= 0.6 is 0 Å². The lowest BCUT2D eigenvalue weighted by atomic mass is 10.0. The molecule has 2 heterocycles. The third-order valence-electron chi connectivity index (χ3n) is 5.50. The van der Waals surface area contributed by atoms with Gasteiger partial charge in [0.1, 0.15) is 5.69 Å². The fraction of sp³-hybridized carbons (Fsp3) is 0.318. The first-order valence-electron chi connectivity index (χ1n) is 9.22. The van der Waals surface area contributed by atoms with Crippen LogP contribution in [-0.2, 0) is 0 Å². The quantitative estimate of drug-likeness (QED) is 0.739. The Kier molecular flexibility index (Phi) is 4.29. The molecule has 0 radical (unpaired) electrons. The summed E-state index contributed by atoms with van der Waals surface area (Å²) in [5.74, 6) is 0.0972. The molecule has 1 atom stereocenters. The number of aryl methyl sites for hydroxylation is 3. The summed E-state index contributed by atoms with van der Waals surface area (Å²) in [5.41, 5.74) is 6.48. The van der Waals surface area contributed by atoms with Crippen LogP contribution in [0.2, 0.25) is 0 Å². The van der Waals surface area contributed by atoms with Gasteiger partial charge < -0.3 is 15.2 Å². The molecule has 3 aromatic rings. The molecule has 1 aliphatic rings. The first-order valence-corrected chi connectivity index (χ1v) is 9.22. The SMILES string of the molecule is Cc1ccc(C)c2c(C)c(C(=O)N3CCNC(c4ccccc4)C3)[nH]c12. The number of benzene rings is 2. The fourth-order valence-corrected chi connectivity index (χ4v) is 4.01. The van der Waals surface area contributed by atoms with Crippen molar-refractivity contribution in [2.75, 3.05) is 19.6 Å². The number of aromatic nitrogens is 1. The molecule has 26 heavy (non-hydrogen) atoms. The summed E-state index contributed by atoms with van der Waals surface area (Å²) in [7, 11) is 0. The van der Waals surface area contributed by atoms with Gasteiger partial charge in [-0.1, -0.05) is 42.5 Å². The van der Waals surface area contributed by atoms with Gasteiger partial charge in [-0.3, -0.25) is 4.79 Å². The summed E-state index contributed by atoms with van der Waals surface area (Å²) >= 11 is 0. The summed E-state index contributed by atoms with van der Waals surface area (Å²) in [6, 6.07) is 14.8. The molecule has 1 saturated heterocycles. The Morgan fingerprint density at radius 1 is 1.04 bits per heavy atom. The van der Waals surface area contributed by atoms with Gasteiger partial charge in [0.2, 0.25) is 0 Å². The Balaban J connectivity index is 1.65. The van der Waals surface area contributed by atoms with E-state index < -0.39 is 0 Å². The first-order chi connectivity index (χ1) is 12.6. The van der Waals surface area contributed by atoms with Gasteiger partial charge in [-0.15, -0.1) is 0 Å². The second-order valence-corrected chi connectivity index (χ2v) is 7.24. The van der Waals surface area contributed by atoms with E-state index in [1.807, 2.05) is 23.1 Å². The van der Waals surface area contributed by atoms with Crippen molar-refractivity contribution in [3.63, 3.8) is 0 Å². The Morgan fingerprint density at radius 3 is 2.50 bits per heavy atom. The second kappa shape index (κ2) is 6.61. The minimum absolute atomic E-state index is 0.0972. The highest BCUT2D eigenvalue weighted by Gasteiger charge is 2.27. The molecule has 1 aliphatic heterocycles. The number of hydrogen-bond donors (Lipinski definition) is 2. The molecule has 0 aliphatic carbocycles. The number of H-pyrrole nitrogens is 1. The first kappa shape index (κ1) is 16.9. The van der Waals surface area contributed by atoms with Crippen LogP contribution in [-0.4, -0.2) is 35.4 Å². The minimum Gasteiger partial charge on any atom is -0.350 e. The van der Waals surface area contributed by atoms with Gasteiger partial charge in [0.15, 0.2) is 0 Å². The van der Waals surface area contributed by atoms with Crippen LogP contribution < -0.4 is 5.32 Å². The summed E-state index contributed by atoms with van der Waals surface area (Å²) in [4.78, 5) is 18.6. The Hall–Kier alpha value is -2.59. The van der Waals surface area contributed by atoms with Crippen LogP contribution in [0, 0.1) is 20.8 Å². The molecule has 1 amide bonds. The topological polar surface area (TPSA) is 48.1 Å². The summed E-state index contributed by atoms with van der Waals surface area (Å²) in [6.07, 6.45) is 0. The van der Waals surface area contributed by atoms with Crippen LogP contribution in [0.1, 0.15) is 38.8 Å². The molecule has 0 bridgehead atoms. The van der Waals surface area contributed by atoms with Crippen molar-refractivity contribution in [1.82, 2.24) is 15.2 Å². The van der Waals surface area contributed by atoms with Gasteiger partial charge in [-0.25, -0.2) is 0 Å². The number of piperazine rings is 1. The van der Waals surface area contributed by atoms with Crippen molar-refractivity contribution >= 4 is 16.8 Å². The number of aromatic amines is 1. The molecule has 2 aromatic carbocycles. The zero-order valence-corrected chi connectivity index (χ0v) is 15.6. The molecule has 4 heteroatoms. The van der Waals surface area contributed by atoms with Gasteiger partial charge >= 0.3 is 0 Å². The third-order valence-corrected chi connectivity index (χ3v) is 5.50. The predicted molar refractivity (Wildman–Crippen MR) is 106 cm³/mol. The average molecular weight is 347 g/mol. The maximum atomic E-state index is 13.3. The molecular weight excluding hydrogens is 322 g/mol. The molecule has 0 saturated carbocycles. The van der Waals surface area contributed by atoms with Crippen LogP contribution in [0.15, 0.2) is 42.5 Å². The van der Waals surface area contributed by atoms with Crippen LogP contribution in [0.4, 0.5) is 0 Å². The minimum atomic E-state index is 0.0972. The fourth-order valence-electron chi connectivity index (χ4n) is 4.01. The highest BCUT2D eigenvalue weighted by molar-refractivity contribution is 6.02. The largest absolute Gasteiger partial charge is 0.350 e. The van der Waals surface area contributed by atoms with E-state index in [4.69, 9.17) is 0 Å². The van der Waals surface area contributed by atoms with E-state index in [0.29, 0.717) is 6.54 Å². The zero-order valence-electron chi connectivity index (χ0n) is 15.6. The van der Waals surface area contributed by atoms with E-state index >= 15 is 0 Å². The monoisotopic (exact) mass is 347 g/mol. The lowest BCUT2D eigenvalue weighted by Gasteiger charge is -2.34. The summed E-state index contributed by atoms with van der Waals surface area (Å²) in [5, 5.41) is 4.71. The van der Waals surface area contributed by atoms with Crippen molar-refractivity contribution in [3.8, 4) is 0 Å². The van der Waals surface area contributed by atoms with Crippen LogP contribution in [0.25, 0.3) is 10.9 Å². The van der Waals surface area contributed by atoms with Crippen molar-refractivity contribution in [2.24, 2.45) is 0 Å². The summed E-state index contributed by atoms with van der Waals surface area (Å²) in [6.45, 7) is 8.47. The molecule has 4 nitrogen and oxygen atoms in total. The molecule has 1 fully saturated rings. The molecule has 1 aromatic heterocycles. The predicted octanol–water partition coefficient (Wildman–Crippen LogP) is 3.88. The number of nitrogens with zero attached hydrogens (tertiary/aromatic N) is 1. The molecule has 4 rings (SSSR count). The second-order valence-electron chi connectivity index (χ2n) is 7.24. The van der Waals surface area contributed by atoms with E-state index in [2.05, 4.69) is 55.3 Å². The van der Waals surface area contributed by atoms with Gasteiger partial charge in [-0.2, -0.15) is 0 Å². The van der Waals surface area contributed by atoms with E-state index in [0.717, 1.165) is 29.9 Å². The zero-order chi connectivity index (χ0) is 18.3. The Bertz CT molecular complexity index is 958. The van der Waals surface area contributed by atoms with Gasteiger partial charge in [-0.05, 0) is 43.0 Å². The van der Waals surface area contributed by atoms with E-state index in [-0.39, 0.29) is 11.9 Å². The van der Waals surface area contributed by atoms with Crippen molar-refractivity contribution in [3.05, 3.63) is 70.4 Å².